The average molecular weight is 214 g/mol. The summed E-state index contributed by atoms with van der Waals surface area (Å²) in [6, 6.07) is 4.40. The Morgan fingerprint density at radius 3 is 2.67 bits per heavy atom. The molecule has 0 saturated heterocycles. The Kier molecular flexibility index (Phi) is 4.52. The first-order chi connectivity index (χ1) is 7.15. The lowest BCUT2D eigenvalue weighted by molar-refractivity contribution is 0.146. The molecule has 1 aromatic rings. The molecule has 0 unspecified atom stereocenters. The highest BCUT2D eigenvalue weighted by molar-refractivity contribution is 5.29. The fourth-order valence-electron chi connectivity index (χ4n) is 1.18. The van der Waals surface area contributed by atoms with Crippen molar-refractivity contribution in [1.29, 1.82) is 0 Å². The Morgan fingerprint density at radius 2 is 2.13 bits per heavy atom. The van der Waals surface area contributed by atoms with E-state index in [1.165, 1.54) is 19.1 Å². The largest absolute Gasteiger partial charge is 0.491 e. The fourth-order valence-corrected chi connectivity index (χ4v) is 1.18. The van der Waals surface area contributed by atoms with Crippen molar-refractivity contribution in [3.63, 3.8) is 0 Å². The van der Waals surface area contributed by atoms with E-state index in [9.17, 15) is 9.50 Å². The number of aliphatic hydroxyl groups excluding tert-OH is 1. The van der Waals surface area contributed by atoms with Gasteiger partial charge in [0.15, 0.2) is 0 Å². The van der Waals surface area contributed by atoms with Crippen LogP contribution in [0, 0.1) is 5.82 Å². The summed E-state index contributed by atoms with van der Waals surface area (Å²) in [5, 5.41) is 9.21. The fraction of sp³-hybridized carbons (Fsp3) is 0.455. The first-order valence-corrected chi connectivity index (χ1v) is 4.74. The van der Waals surface area contributed by atoms with Crippen LogP contribution >= 0.6 is 0 Å². The maximum absolute atomic E-state index is 13.3. The van der Waals surface area contributed by atoms with Crippen LogP contribution in [0.3, 0.4) is 0 Å². The van der Waals surface area contributed by atoms with E-state index in [-0.39, 0.29) is 5.56 Å². The van der Waals surface area contributed by atoms with Gasteiger partial charge in [-0.05, 0) is 19.1 Å². The molecule has 4 heteroatoms. The molecule has 0 heterocycles. The molecule has 1 N–H and O–H groups in total. The topological polar surface area (TPSA) is 38.7 Å². The Balaban J connectivity index is 2.65. The third kappa shape index (κ3) is 3.49. The minimum absolute atomic E-state index is 0.272. The molecular formula is C11H15FO3. The van der Waals surface area contributed by atoms with Crippen molar-refractivity contribution in [3.05, 3.63) is 29.6 Å². The molecule has 84 valence electrons. The molecule has 1 aromatic carbocycles. The van der Waals surface area contributed by atoms with Crippen LogP contribution in [0.25, 0.3) is 0 Å². The highest BCUT2D eigenvalue weighted by atomic mass is 19.1. The molecular weight excluding hydrogens is 199 g/mol. The van der Waals surface area contributed by atoms with E-state index in [1.807, 2.05) is 0 Å². The maximum Gasteiger partial charge on any atom is 0.132 e. The van der Waals surface area contributed by atoms with Gasteiger partial charge in [0.2, 0.25) is 0 Å². The van der Waals surface area contributed by atoms with Crippen molar-refractivity contribution in [3.8, 4) is 5.75 Å². The second-order valence-electron chi connectivity index (χ2n) is 3.20. The standard InChI is InChI=1S/C11H15FO3/c1-8(13)10-4-3-9(7-11(10)12)15-6-5-14-2/h3-4,7-8,13H,5-6H2,1-2H3/t8-/m1/s1. The number of halogens is 1. The molecule has 0 bridgehead atoms. The van der Waals surface area contributed by atoms with E-state index in [0.717, 1.165) is 0 Å². The van der Waals surface area contributed by atoms with E-state index in [4.69, 9.17) is 9.47 Å². The van der Waals surface area contributed by atoms with Crippen LogP contribution in [0.4, 0.5) is 4.39 Å². The lowest BCUT2D eigenvalue weighted by atomic mass is 10.1. The molecule has 0 spiro atoms. The molecule has 1 rings (SSSR count). The Bertz CT molecular complexity index is 313. The highest BCUT2D eigenvalue weighted by Gasteiger charge is 2.08. The molecule has 0 aliphatic heterocycles. The monoisotopic (exact) mass is 214 g/mol. The van der Waals surface area contributed by atoms with Crippen LogP contribution in [-0.2, 0) is 4.74 Å². The number of rotatable bonds is 5. The molecule has 0 amide bonds. The number of hydrogen-bond acceptors (Lipinski definition) is 3. The minimum Gasteiger partial charge on any atom is -0.491 e. The smallest absolute Gasteiger partial charge is 0.132 e. The van der Waals surface area contributed by atoms with Crippen LogP contribution in [0.2, 0.25) is 0 Å². The van der Waals surface area contributed by atoms with Crippen LogP contribution in [-0.4, -0.2) is 25.4 Å². The van der Waals surface area contributed by atoms with E-state index in [2.05, 4.69) is 0 Å². The summed E-state index contributed by atoms with van der Waals surface area (Å²) in [6.45, 7) is 2.35. The summed E-state index contributed by atoms with van der Waals surface area (Å²) >= 11 is 0. The van der Waals surface area contributed by atoms with Gasteiger partial charge in [-0.25, -0.2) is 4.39 Å². The van der Waals surface area contributed by atoms with Crippen molar-refractivity contribution in [1.82, 2.24) is 0 Å². The van der Waals surface area contributed by atoms with Gasteiger partial charge in [-0.1, -0.05) is 0 Å². The van der Waals surface area contributed by atoms with E-state index in [0.29, 0.717) is 19.0 Å². The zero-order valence-corrected chi connectivity index (χ0v) is 8.87. The number of benzene rings is 1. The van der Waals surface area contributed by atoms with Crippen molar-refractivity contribution in [2.24, 2.45) is 0 Å². The van der Waals surface area contributed by atoms with Gasteiger partial charge in [-0.3, -0.25) is 0 Å². The maximum atomic E-state index is 13.3. The molecule has 0 aliphatic rings. The molecule has 1 atom stereocenters. The van der Waals surface area contributed by atoms with Crippen LogP contribution in [0.1, 0.15) is 18.6 Å². The van der Waals surface area contributed by atoms with Gasteiger partial charge in [0.1, 0.15) is 18.2 Å². The predicted octanol–water partition coefficient (Wildman–Crippen LogP) is 1.90. The van der Waals surface area contributed by atoms with Gasteiger partial charge in [-0.2, -0.15) is 0 Å². The molecule has 15 heavy (non-hydrogen) atoms. The van der Waals surface area contributed by atoms with Gasteiger partial charge in [0, 0.05) is 18.7 Å². The van der Waals surface area contributed by atoms with Crippen LogP contribution < -0.4 is 4.74 Å². The molecule has 0 saturated carbocycles. The highest BCUT2D eigenvalue weighted by Crippen LogP contribution is 2.21. The predicted molar refractivity (Wildman–Crippen MR) is 54.4 cm³/mol. The van der Waals surface area contributed by atoms with Gasteiger partial charge in [0.25, 0.3) is 0 Å². The Morgan fingerprint density at radius 1 is 1.40 bits per heavy atom. The number of aliphatic hydroxyl groups is 1. The number of hydrogen-bond donors (Lipinski definition) is 1. The van der Waals surface area contributed by atoms with Gasteiger partial charge >= 0.3 is 0 Å². The summed E-state index contributed by atoms with van der Waals surface area (Å²) in [5.74, 6) is -0.0196. The number of methoxy groups -OCH3 is 1. The second kappa shape index (κ2) is 5.68. The van der Waals surface area contributed by atoms with Gasteiger partial charge in [0.05, 0.1) is 12.7 Å². The molecule has 0 radical (unpaired) electrons. The first kappa shape index (κ1) is 11.9. The summed E-state index contributed by atoms with van der Waals surface area (Å²) in [4.78, 5) is 0. The third-order valence-electron chi connectivity index (χ3n) is 1.98. The summed E-state index contributed by atoms with van der Waals surface area (Å²) in [6.07, 6.45) is -0.807. The quantitative estimate of drug-likeness (QED) is 0.761. The zero-order valence-electron chi connectivity index (χ0n) is 8.87. The minimum atomic E-state index is -0.807. The number of ether oxygens (including phenoxy) is 2. The van der Waals surface area contributed by atoms with Gasteiger partial charge in [-0.15, -0.1) is 0 Å². The van der Waals surface area contributed by atoms with E-state index < -0.39 is 11.9 Å². The van der Waals surface area contributed by atoms with E-state index in [1.54, 1.807) is 13.2 Å². The summed E-state index contributed by atoms with van der Waals surface area (Å²) in [7, 11) is 1.57. The Labute approximate surface area is 88.4 Å². The average Bonchev–Trinajstić information content (AvgIpc) is 2.17. The zero-order chi connectivity index (χ0) is 11.3. The van der Waals surface area contributed by atoms with E-state index >= 15 is 0 Å². The second-order valence-corrected chi connectivity index (χ2v) is 3.20. The van der Waals surface area contributed by atoms with Crippen LogP contribution in [0.5, 0.6) is 5.75 Å². The molecule has 0 aliphatic carbocycles. The lowest BCUT2D eigenvalue weighted by Gasteiger charge is -2.09. The summed E-state index contributed by atoms with van der Waals surface area (Å²) < 4.78 is 23.4. The molecule has 3 nitrogen and oxygen atoms in total. The SMILES string of the molecule is COCCOc1ccc([C@@H](C)O)c(F)c1. The normalized spacial score (nSPS) is 12.5. The summed E-state index contributed by atoms with van der Waals surface area (Å²) in [5.41, 5.74) is 0.272. The molecule has 0 fully saturated rings. The van der Waals surface area contributed by atoms with Gasteiger partial charge < -0.3 is 14.6 Å². The Hall–Kier alpha value is -1.13. The van der Waals surface area contributed by atoms with Crippen molar-refractivity contribution < 1.29 is 19.0 Å². The van der Waals surface area contributed by atoms with Crippen LogP contribution in [0.15, 0.2) is 18.2 Å². The third-order valence-corrected chi connectivity index (χ3v) is 1.98. The van der Waals surface area contributed by atoms with Crippen molar-refractivity contribution in [2.75, 3.05) is 20.3 Å². The van der Waals surface area contributed by atoms with Crippen molar-refractivity contribution >= 4 is 0 Å². The lowest BCUT2D eigenvalue weighted by Crippen LogP contribution is -2.05. The van der Waals surface area contributed by atoms with Crippen molar-refractivity contribution in [2.45, 2.75) is 13.0 Å². The first-order valence-electron chi connectivity index (χ1n) is 4.74. The molecule has 0 aromatic heterocycles.